The average molecular weight is 316 g/mol. The molecule has 1 aromatic carbocycles. The van der Waals surface area contributed by atoms with Crippen LogP contribution in [0.25, 0.3) is 6.08 Å². The maximum atomic E-state index is 12.2. The fourth-order valence-electron chi connectivity index (χ4n) is 2.79. The van der Waals surface area contributed by atoms with Crippen LogP contribution in [-0.4, -0.2) is 59.0 Å². The van der Waals surface area contributed by atoms with Gasteiger partial charge in [-0.15, -0.1) is 0 Å². The number of hydrogen-bond donors (Lipinski definition) is 1. The summed E-state index contributed by atoms with van der Waals surface area (Å²) in [4.78, 5) is 27.3. The molecule has 1 heterocycles. The molecule has 1 atom stereocenters. The minimum atomic E-state index is -0.985. The van der Waals surface area contributed by atoms with Crippen molar-refractivity contribution in [3.63, 3.8) is 0 Å². The smallest absolute Gasteiger partial charge is 0.251 e. The van der Waals surface area contributed by atoms with Gasteiger partial charge < -0.3 is 14.9 Å². The highest BCUT2D eigenvalue weighted by atomic mass is 16.3. The number of rotatable bonds is 3. The summed E-state index contributed by atoms with van der Waals surface area (Å²) in [6.45, 7) is 7.45. The van der Waals surface area contributed by atoms with Crippen molar-refractivity contribution in [2.24, 2.45) is 0 Å². The molecular formula is C18H24N2O3. The molecule has 2 amide bonds. The Morgan fingerprint density at radius 3 is 2.09 bits per heavy atom. The summed E-state index contributed by atoms with van der Waals surface area (Å²) >= 11 is 0. The Labute approximate surface area is 137 Å². The van der Waals surface area contributed by atoms with Crippen LogP contribution in [0.3, 0.4) is 0 Å². The Bertz CT molecular complexity index is 594. The van der Waals surface area contributed by atoms with Crippen LogP contribution in [0.15, 0.2) is 24.3 Å². The summed E-state index contributed by atoms with van der Waals surface area (Å²) in [6.07, 6.45) is 2.43. The molecule has 23 heavy (non-hydrogen) atoms. The molecule has 1 unspecified atom stereocenters. The topological polar surface area (TPSA) is 60.9 Å². The first-order chi connectivity index (χ1) is 10.9. The lowest BCUT2D eigenvalue weighted by atomic mass is 10.1. The maximum absolute atomic E-state index is 12.2. The van der Waals surface area contributed by atoms with Crippen LogP contribution in [0.1, 0.15) is 23.6 Å². The minimum absolute atomic E-state index is 0.0479. The van der Waals surface area contributed by atoms with Crippen LogP contribution in [0, 0.1) is 13.8 Å². The van der Waals surface area contributed by atoms with Gasteiger partial charge in [0.2, 0.25) is 5.91 Å². The van der Waals surface area contributed by atoms with Crippen LogP contribution in [0.5, 0.6) is 0 Å². The first kappa shape index (κ1) is 17.2. The van der Waals surface area contributed by atoms with E-state index in [4.69, 9.17) is 0 Å². The fraction of sp³-hybridized carbons (Fsp3) is 0.444. The molecule has 5 nitrogen and oxygen atoms in total. The average Bonchev–Trinajstić information content (AvgIpc) is 2.51. The summed E-state index contributed by atoms with van der Waals surface area (Å²) in [5, 5.41) is 9.32. The molecule has 0 saturated carbocycles. The van der Waals surface area contributed by atoms with Crippen molar-refractivity contribution in [2.45, 2.75) is 26.9 Å². The van der Waals surface area contributed by atoms with Crippen molar-refractivity contribution < 1.29 is 14.7 Å². The van der Waals surface area contributed by atoms with Gasteiger partial charge in [-0.1, -0.05) is 29.3 Å². The lowest BCUT2D eigenvalue weighted by molar-refractivity contribution is -0.143. The molecule has 0 radical (unpaired) electrons. The predicted molar refractivity (Wildman–Crippen MR) is 89.8 cm³/mol. The molecule has 0 aliphatic carbocycles. The zero-order valence-corrected chi connectivity index (χ0v) is 14.0. The molecule has 0 aromatic heterocycles. The molecule has 2 rings (SSSR count). The summed E-state index contributed by atoms with van der Waals surface area (Å²) in [5.74, 6) is -0.323. The largest absolute Gasteiger partial charge is 0.384 e. The number of nitrogens with zero attached hydrogens (tertiary/aromatic N) is 2. The van der Waals surface area contributed by atoms with E-state index in [1.54, 1.807) is 15.9 Å². The van der Waals surface area contributed by atoms with Gasteiger partial charge in [0.05, 0.1) is 0 Å². The van der Waals surface area contributed by atoms with Gasteiger partial charge in [0, 0.05) is 32.3 Å². The fourth-order valence-corrected chi connectivity index (χ4v) is 2.79. The second-order valence-corrected chi connectivity index (χ2v) is 6.08. The van der Waals surface area contributed by atoms with Crippen molar-refractivity contribution in [1.29, 1.82) is 0 Å². The highest BCUT2D eigenvalue weighted by Crippen LogP contribution is 2.11. The van der Waals surface area contributed by atoms with E-state index >= 15 is 0 Å². The van der Waals surface area contributed by atoms with Crippen molar-refractivity contribution in [3.05, 3.63) is 41.0 Å². The van der Waals surface area contributed by atoms with E-state index in [9.17, 15) is 14.7 Å². The van der Waals surface area contributed by atoms with Crippen molar-refractivity contribution in [2.75, 3.05) is 26.2 Å². The molecule has 1 aliphatic rings. The van der Waals surface area contributed by atoms with Crippen LogP contribution in [0.4, 0.5) is 0 Å². The van der Waals surface area contributed by atoms with E-state index in [0.717, 1.165) is 5.56 Å². The molecule has 1 fully saturated rings. The van der Waals surface area contributed by atoms with Crippen LogP contribution in [0.2, 0.25) is 0 Å². The van der Waals surface area contributed by atoms with E-state index in [1.807, 2.05) is 32.1 Å². The lowest BCUT2D eigenvalue weighted by Crippen LogP contribution is -2.52. The number of carbonyl (C=O) groups excluding carboxylic acids is 2. The van der Waals surface area contributed by atoms with Gasteiger partial charge in [-0.2, -0.15) is 0 Å². The number of aryl methyl sites for hydroxylation is 2. The van der Waals surface area contributed by atoms with Gasteiger partial charge in [-0.3, -0.25) is 9.59 Å². The number of amides is 2. The van der Waals surface area contributed by atoms with Crippen molar-refractivity contribution in [1.82, 2.24) is 9.80 Å². The van der Waals surface area contributed by atoms with Crippen LogP contribution >= 0.6 is 0 Å². The van der Waals surface area contributed by atoms with Gasteiger partial charge in [0.1, 0.15) is 6.10 Å². The number of hydrogen-bond acceptors (Lipinski definition) is 3. The number of aliphatic hydroxyl groups is 1. The van der Waals surface area contributed by atoms with Gasteiger partial charge in [0.15, 0.2) is 0 Å². The van der Waals surface area contributed by atoms with E-state index in [1.165, 1.54) is 18.1 Å². The zero-order chi connectivity index (χ0) is 17.0. The van der Waals surface area contributed by atoms with E-state index in [0.29, 0.717) is 26.2 Å². The van der Waals surface area contributed by atoms with E-state index < -0.39 is 6.10 Å². The first-order valence-electron chi connectivity index (χ1n) is 7.89. The highest BCUT2D eigenvalue weighted by molar-refractivity contribution is 5.92. The Kier molecular flexibility index (Phi) is 5.55. The molecule has 0 spiro atoms. The van der Waals surface area contributed by atoms with Gasteiger partial charge >= 0.3 is 0 Å². The third kappa shape index (κ3) is 4.66. The standard InChI is InChI=1S/C18H24N2O3/c1-13-10-14(2)12-16(11-13)4-5-17(22)19-6-8-20(9-7-19)18(23)15(3)21/h4-5,10-12,15,21H,6-9H2,1-3H3/b5-4+. The summed E-state index contributed by atoms with van der Waals surface area (Å²) in [5.41, 5.74) is 3.35. The number of piperazine rings is 1. The molecule has 0 bridgehead atoms. The summed E-state index contributed by atoms with van der Waals surface area (Å²) in [6, 6.07) is 6.17. The van der Waals surface area contributed by atoms with Crippen molar-refractivity contribution in [3.8, 4) is 0 Å². The zero-order valence-electron chi connectivity index (χ0n) is 14.0. The van der Waals surface area contributed by atoms with Crippen LogP contribution in [-0.2, 0) is 9.59 Å². The van der Waals surface area contributed by atoms with Gasteiger partial charge in [0.25, 0.3) is 5.91 Å². The summed E-state index contributed by atoms with van der Waals surface area (Å²) < 4.78 is 0. The minimum Gasteiger partial charge on any atom is -0.384 e. The number of aliphatic hydroxyl groups excluding tert-OH is 1. The molecule has 5 heteroatoms. The normalized spacial score (nSPS) is 16.7. The molecule has 1 N–H and O–H groups in total. The predicted octanol–water partition coefficient (Wildman–Crippen LogP) is 1.37. The lowest BCUT2D eigenvalue weighted by Gasteiger charge is -2.34. The Morgan fingerprint density at radius 2 is 1.57 bits per heavy atom. The van der Waals surface area contributed by atoms with Crippen LogP contribution < -0.4 is 0 Å². The molecular weight excluding hydrogens is 292 g/mol. The Morgan fingerprint density at radius 1 is 1.04 bits per heavy atom. The van der Waals surface area contributed by atoms with Crippen molar-refractivity contribution >= 4 is 17.9 Å². The number of carbonyl (C=O) groups is 2. The SMILES string of the molecule is Cc1cc(C)cc(/C=C/C(=O)N2CCN(C(=O)C(C)O)CC2)c1. The maximum Gasteiger partial charge on any atom is 0.251 e. The Balaban J connectivity index is 1.92. The van der Waals surface area contributed by atoms with Gasteiger partial charge in [-0.25, -0.2) is 0 Å². The monoisotopic (exact) mass is 316 g/mol. The second-order valence-electron chi connectivity index (χ2n) is 6.08. The number of benzene rings is 1. The molecule has 1 aromatic rings. The molecule has 124 valence electrons. The Hall–Kier alpha value is -2.14. The van der Waals surface area contributed by atoms with E-state index in [2.05, 4.69) is 6.07 Å². The third-order valence-corrected chi connectivity index (χ3v) is 3.92. The van der Waals surface area contributed by atoms with E-state index in [-0.39, 0.29) is 11.8 Å². The first-order valence-corrected chi connectivity index (χ1v) is 7.89. The summed E-state index contributed by atoms with van der Waals surface area (Å²) in [7, 11) is 0. The second kappa shape index (κ2) is 7.42. The molecule has 1 saturated heterocycles. The quantitative estimate of drug-likeness (QED) is 0.857. The van der Waals surface area contributed by atoms with Gasteiger partial charge in [-0.05, 0) is 32.4 Å². The highest BCUT2D eigenvalue weighted by Gasteiger charge is 2.25. The third-order valence-electron chi connectivity index (χ3n) is 3.92. The molecule has 1 aliphatic heterocycles.